The zero-order valence-corrected chi connectivity index (χ0v) is 16.8. The maximum absolute atomic E-state index is 12.6. The van der Waals surface area contributed by atoms with Gasteiger partial charge in [0.2, 0.25) is 5.91 Å². The Balaban J connectivity index is 1.50. The van der Waals surface area contributed by atoms with Crippen molar-refractivity contribution in [1.29, 1.82) is 0 Å². The second-order valence-electron chi connectivity index (χ2n) is 7.33. The predicted molar refractivity (Wildman–Crippen MR) is 113 cm³/mol. The molecule has 5 nitrogen and oxygen atoms in total. The molecule has 1 atom stereocenters. The molecule has 148 valence electrons. The van der Waals surface area contributed by atoms with Gasteiger partial charge in [0.05, 0.1) is 13.7 Å². The van der Waals surface area contributed by atoms with Crippen molar-refractivity contribution >= 4 is 5.91 Å². The lowest BCUT2D eigenvalue weighted by atomic mass is 10.0. The fourth-order valence-electron chi connectivity index (χ4n) is 3.88. The van der Waals surface area contributed by atoms with Crippen LogP contribution < -0.4 is 4.74 Å². The number of hydrogen-bond acceptors (Lipinski definition) is 4. The molecule has 2 aromatic carbocycles. The molecule has 0 spiro atoms. The number of likely N-dealkylation sites (N-methyl/N-ethyl adjacent to an activating group) is 1. The van der Waals surface area contributed by atoms with E-state index in [9.17, 15) is 4.79 Å². The van der Waals surface area contributed by atoms with E-state index in [1.54, 1.807) is 19.5 Å². The van der Waals surface area contributed by atoms with Crippen LogP contribution in [0.1, 0.15) is 17.3 Å². The van der Waals surface area contributed by atoms with E-state index < -0.39 is 0 Å². The third-order valence-corrected chi connectivity index (χ3v) is 5.44. The number of pyridine rings is 1. The van der Waals surface area contributed by atoms with E-state index in [0.717, 1.165) is 28.9 Å². The molecule has 5 heteroatoms. The Bertz CT molecular complexity index is 956. The van der Waals surface area contributed by atoms with Gasteiger partial charge in [-0.1, -0.05) is 36.4 Å². The molecule has 3 aromatic rings. The van der Waals surface area contributed by atoms with Gasteiger partial charge in [-0.15, -0.1) is 0 Å². The molecule has 1 aromatic heterocycles. The molecule has 0 bridgehead atoms. The lowest BCUT2D eigenvalue weighted by Gasteiger charge is -2.28. The number of nitrogens with zero attached hydrogens (tertiary/aromatic N) is 3. The molecule has 1 fully saturated rings. The Hall–Kier alpha value is -3.18. The van der Waals surface area contributed by atoms with Gasteiger partial charge in [0.1, 0.15) is 11.9 Å². The van der Waals surface area contributed by atoms with E-state index >= 15 is 0 Å². The van der Waals surface area contributed by atoms with E-state index in [-0.39, 0.29) is 12.1 Å². The highest BCUT2D eigenvalue weighted by Gasteiger charge is 2.36. The van der Waals surface area contributed by atoms with Gasteiger partial charge in [-0.3, -0.25) is 14.7 Å². The van der Waals surface area contributed by atoms with E-state index in [0.29, 0.717) is 13.1 Å². The molecule has 1 aliphatic rings. The normalized spacial score (nSPS) is 17.0. The van der Waals surface area contributed by atoms with Gasteiger partial charge < -0.3 is 9.64 Å². The lowest BCUT2D eigenvalue weighted by molar-refractivity contribution is -0.128. The number of benzene rings is 2. The molecule has 0 radical (unpaired) electrons. The van der Waals surface area contributed by atoms with Crippen LogP contribution in [0.5, 0.6) is 5.75 Å². The van der Waals surface area contributed by atoms with E-state index in [4.69, 9.17) is 4.74 Å². The Morgan fingerprint density at radius 2 is 1.62 bits per heavy atom. The number of carbonyl (C=O) groups excluding carboxylic acids is 1. The smallest absolute Gasteiger partial charge is 0.238 e. The first-order valence-corrected chi connectivity index (χ1v) is 9.79. The van der Waals surface area contributed by atoms with E-state index in [1.807, 2.05) is 36.2 Å². The summed E-state index contributed by atoms with van der Waals surface area (Å²) in [6.45, 7) is 1.13. The Morgan fingerprint density at radius 1 is 0.966 bits per heavy atom. The summed E-state index contributed by atoms with van der Waals surface area (Å²) in [6.07, 6.45) is 4.38. The number of aromatic nitrogens is 1. The standard InChI is InChI=1S/C24H25N3O2/c1-26-17-23(28)27(16-13-18-3-9-22(29-2)10-4-18)24(26)21-7-5-19(6-8-21)20-11-14-25-15-12-20/h3-12,14-15,24H,13,16-17H2,1-2H3. The van der Waals surface area contributed by atoms with Gasteiger partial charge in [0.25, 0.3) is 0 Å². The zero-order chi connectivity index (χ0) is 20.2. The largest absolute Gasteiger partial charge is 0.497 e. The van der Waals surface area contributed by atoms with Crippen molar-refractivity contribution in [3.63, 3.8) is 0 Å². The van der Waals surface area contributed by atoms with Crippen molar-refractivity contribution in [3.8, 4) is 16.9 Å². The summed E-state index contributed by atoms with van der Waals surface area (Å²) in [4.78, 5) is 20.8. The molecule has 0 N–H and O–H groups in total. The van der Waals surface area contributed by atoms with Crippen LogP contribution in [0, 0.1) is 0 Å². The Kier molecular flexibility index (Phi) is 5.58. The van der Waals surface area contributed by atoms with Crippen molar-refractivity contribution in [2.75, 3.05) is 27.2 Å². The SMILES string of the molecule is COc1ccc(CCN2C(=O)CN(C)C2c2ccc(-c3ccncc3)cc2)cc1. The van der Waals surface area contributed by atoms with E-state index in [1.165, 1.54) is 5.56 Å². The third kappa shape index (κ3) is 4.15. The van der Waals surface area contributed by atoms with Crippen LogP contribution in [0.25, 0.3) is 11.1 Å². The van der Waals surface area contributed by atoms with Gasteiger partial charge in [-0.2, -0.15) is 0 Å². The first kappa shape index (κ1) is 19.2. The first-order chi connectivity index (χ1) is 14.2. The number of hydrogen-bond donors (Lipinski definition) is 0. The number of carbonyl (C=O) groups is 1. The number of rotatable bonds is 6. The molecule has 1 amide bonds. The van der Waals surface area contributed by atoms with Crippen LogP contribution in [-0.2, 0) is 11.2 Å². The summed E-state index contributed by atoms with van der Waals surface area (Å²) in [7, 11) is 3.67. The van der Waals surface area contributed by atoms with Crippen molar-refractivity contribution in [2.45, 2.75) is 12.6 Å². The number of methoxy groups -OCH3 is 1. The molecule has 0 aliphatic carbocycles. The minimum absolute atomic E-state index is 0.0350. The fourth-order valence-corrected chi connectivity index (χ4v) is 3.88. The van der Waals surface area contributed by atoms with Crippen LogP contribution in [0.3, 0.4) is 0 Å². The summed E-state index contributed by atoms with van der Waals surface area (Å²) < 4.78 is 5.22. The number of ether oxygens (including phenoxy) is 1. The lowest BCUT2D eigenvalue weighted by Crippen LogP contribution is -2.32. The highest BCUT2D eigenvalue weighted by molar-refractivity contribution is 5.81. The topological polar surface area (TPSA) is 45.7 Å². The quantitative estimate of drug-likeness (QED) is 0.646. The highest BCUT2D eigenvalue weighted by atomic mass is 16.5. The van der Waals surface area contributed by atoms with Gasteiger partial charge >= 0.3 is 0 Å². The van der Waals surface area contributed by atoms with Crippen LogP contribution in [0.15, 0.2) is 73.1 Å². The summed E-state index contributed by atoms with van der Waals surface area (Å²) >= 11 is 0. The summed E-state index contributed by atoms with van der Waals surface area (Å²) in [5.41, 5.74) is 4.61. The third-order valence-electron chi connectivity index (χ3n) is 5.44. The predicted octanol–water partition coefficient (Wildman–Crippen LogP) is 3.77. The maximum atomic E-state index is 12.6. The molecule has 2 heterocycles. The summed E-state index contributed by atoms with van der Waals surface area (Å²) in [5, 5.41) is 0. The minimum Gasteiger partial charge on any atom is -0.497 e. The first-order valence-electron chi connectivity index (χ1n) is 9.79. The zero-order valence-electron chi connectivity index (χ0n) is 16.8. The Morgan fingerprint density at radius 3 is 2.28 bits per heavy atom. The van der Waals surface area contributed by atoms with E-state index in [2.05, 4.69) is 46.3 Å². The van der Waals surface area contributed by atoms with Gasteiger partial charge in [0, 0.05) is 18.9 Å². The molecular weight excluding hydrogens is 362 g/mol. The average molecular weight is 387 g/mol. The summed E-state index contributed by atoms with van der Waals surface area (Å²) in [5.74, 6) is 1.02. The van der Waals surface area contributed by atoms with Gasteiger partial charge in [-0.25, -0.2) is 0 Å². The van der Waals surface area contributed by atoms with Crippen molar-refractivity contribution in [1.82, 2.24) is 14.8 Å². The monoisotopic (exact) mass is 387 g/mol. The second-order valence-corrected chi connectivity index (χ2v) is 7.33. The van der Waals surface area contributed by atoms with Crippen molar-refractivity contribution < 1.29 is 9.53 Å². The van der Waals surface area contributed by atoms with Gasteiger partial charge in [-0.05, 0) is 60.0 Å². The molecule has 0 saturated carbocycles. The molecule has 1 saturated heterocycles. The number of amides is 1. The van der Waals surface area contributed by atoms with Crippen LogP contribution in [-0.4, -0.2) is 47.9 Å². The molecule has 1 unspecified atom stereocenters. The minimum atomic E-state index is -0.0350. The maximum Gasteiger partial charge on any atom is 0.238 e. The molecule has 4 rings (SSSR count). The average Bonchev–Trinajstić information content (AvgIpc) is 3.06. The fraction of sp³-hybridized carbons (Fsp3) is 0.250. The van der Waals surface area contributed by atoms with Crippen LogP contribution in [0.2, 0.25) is 0 Å². The van der Waals surface area contributed by atoms with Crippen LogP contribution in [0.4, 0.5) is 0 Å². The Labute approximate surface area is 171 Å². The highest BCUT2D eigenvalue weighted by Crippen LogP contribution is 2.31. The molecule has 1 aliphatic heterocycles. The van der Waals surface area contributed by atoms with Crippen LogP contribution >= 0.6 is 0 Å². The van der Waals surface area contributed by atoms with Crippen molar-refractivity contribution in [2.24, 2.45) is 0 Å². The molecular formula is C24H25N3O2. The summed E-state index contributed by atoms with van der Waals surface area (Å²) in [6, 6.07) is 20.5. The molecule has 29 heavy (non-hydrogen) atoms. The second kappa shape index (κ2) is 8.45. The van der Waals surface area contributed by atoms with Crippen molar-refractivity contribution in [3.05, 3.63) is 84.2 Å². The van der Waals surface area contributed by atoms with Gasteiger partial charge in [0.15, 0.2) is 0 Å².